The normalized spacial score (nSPS) is 14.1. The lowest BCUT2D eigenvalue weighted by Gasteiger charge is -2.11. The van der Waals surface area contributed by atoms with E-state index in [1.807, 2.05) is 6.92 Å². The van der Waals surface area contributed by atoms with Gasteiger partial charge in [0.2, 0.25) is 0 Å². The predicted octanol–water partition coefficient (Wildman–Crippen LogP) is 2.80. The molecule has 0 heterocycles. The summed E-state index contributed by atoms with van der Waals surface area (Å²) in [5.74, 6) is 0. The molecular formula is C11H19N. The Morgan fingerprint density at radius 3 is 2.50 bits per heavy atom. The van der Waals surface area contributed by atoms with E-state index in [9.17, 15) is 0 Å². The summed E-state index contributed by atoms with van der Waals surface area (Å²) < 4.78 is 0. The molecule has 68 valence electrons. The highest BCUT2D eigenvalue weighted by Gasteiger charge is 2.03. The van der Waals surface area contributed by atoms with Crippen molar-refractivity contribution in [1.82, 2.24) is 0 Å². The second-order valence-corrected chi connectivity index (χ2v) is 2.87. The molecule has 0 aliphatic rings. The fourth-order valence-electron chi connectivity index (χ4n) is 1.16. The van der Waals surface area contributed by atoms with Gasteiger partial charge in [0.25, 0.3) is 0 Å². The van der Waals surface area contributed by atoms with Gasteiger partial charge in [0, 0.05) is 6.04 Å². The molecule has 1 heteroatoms. The third-order valence-electron chi connectivity index (χ3n) is 1.97. The van der Waals surface area contributed by atoms with Crippen LogP contribution in [0.3, 0.4) is 0 Å². The molecule has 0 saturated carbocycles. The molecule has 0 saturated heterocycles. The zero-order valence-corrected chi connectivity index (χ0v) is 8.14. The van der Waals surface area contributed by atoms with Crippen molar-refractivity contribution < 1.29 is 0 Å². The van der Waals surface area contributed by atoms with Crippen LogP contribution in [0.1, 0.15) is 26.7 Å². The van der Waals surface area contributed by atoms with Crippen molar-refractivity contribution >= 4 is 0 Å². The van der Waals surface area contributed by atoms with Gasteiger partial charge in [-0.1, -0.05) is 31.2 Å². The van der Waals surface area contributed by atoms with E-state index in [1.165, 1.54) is 5.57 Å². The van der Waals surface area contributed by atoms with Crippen molar-refractivity contribution in [2.45, 2.75) is 32.7 Å². The Morgan fingerprint density at radius 1 is 1.58 bits per heavy atom. The Bertz CT molecular complexity index is 189. The molecule has 0 amide bonds. The smallest absolute Gasteiger partial charge is 0.0261 e. The lowest BCUT2D eigenvalue weighted by Crippen LogP contribution is -2.17. The molecule has 0 aromatic carbocycles. The molecule has 0 rings (SSSR count). The first-order valence-corrected chi connectivity index (χ1v) is 4.37. The van der Waals surface area contributed by atoms with E-state index in [0.717, 1.165) is 18.4 Å². The summed E-state index contributed by atoms with van der Waals surface area (Å²) in [6, 6.07) is 0.0407. The van der Waals surface area contributed by atoms with Gasteiger partial charge in [-0.3, -0.25) is 0 Å². The topological polar surface area (TPSA) is 26.0 Å². The highest BCUT2D eigenvalue weighted by molar-refractivity contribution is 5.28. The first-order valence-electron chi connectivity index (χ1n) is 4.37. The summed E-state index contributed by atoms with van der Waals surface area (Å²) in [5.41, 5.74) is 8.15. The summed E-state index contributed by atoms with van der Waals surface area (Å²) >= 11 is 0. The third-order valence-corrected chi connectivity index (χ3v) is 1.97. The first kappa shape index (κ1) is 11.2. The van der Waals surface area contributed by atoms with Gasteiger partial charge in [-0.05, 0) is 25.3 Å². The fourth-order valence-corrected chi connectivity index (χ4v) is 1.16. The van der Waals surface area contributed by atoms with Gasteiger partial charge in [0.15, 0.2) is 0 Å². The van der Waals surface area contributed by atoms with Crippen molar-refractivity contribution in [3.63, 3.8) is 0 Å². The van der Waals surface area contributed by atoms with Crippen LogP contribution in [0.2, 0.25) is 0 Å². The predicted molar refractivity (Wildman–Crippen MR) is 56.0 cm³/mol. The molecule has 2 N–H and O–H groups in total. The maximum absolute atomic E-state index is 5.71. The molecule has 0 spiro atoms. The highest BCUT2D eigenvalue weighted by atomic mass is 14.6. The van der Waals surface area contributed by atoms with Crippen molar-refractivity contribution in [3.8, 4) is 0 Å². The van der Waals surface area contributed by atoms with Crippen LogP contribution in [-0.4, -0.2) is 6.04 Å². The molecule has 1 unspecified atom stereocenters. The van der Waals surface area contributed by atoms with Gasteiger partial charge in [0.05, 0.1) is 0 Å². The fraction of sp³-hybridized carbons (Fsp3) is 0.455. The molecule has 0 fully saturated rings. The maximum Gasteiger partial charge on any atom is 0.0261 e. The SMILES string of the molecule is C=CC(N)CC(=C)/C(=C\C)CC. The van der Waals surface area contributed by atoms with Crippen LogP contribution >= 0.6 is 0 Å². The standard InChI is InChI=1S/C11H19N/c1-5-10(6-2)9(4)8-11(12)7-3/h5,7,11H,3-4,6,8,12H2,1-2H3/b10-5-. The van der Waals surface area contributed by atoms with E-state index in [1.54, 1.807) is 6.08 Å². The van der Waals surface area contributed by atoms with Gasteiger partial charge < -0.3 is 5.73 Å². The van der Waals surface area contributed by atoms with Crippen molar-refractivity contribution in [1.29, 1.82) is 0 Å². The monoisotopic (exact) mass is 165 g/mol. The Kier molecular flexibility index (Phi) is 5.39. The molecule has 12 heavy (non-hydrogen) atoms. The van der Waals surface area contributed by atoms with Gasteiger partial charge >= 0.3 is 0 Å². The third kappa shape index (κ3) is 3.54. The Morgan fingerprint density at radius 2 is 2.17 bits per heavy atom. The Balaban J connectivity index is 4.11. The van der Waals surface area contributed by atoms with Crippen LogP contribution in [0, 0.1) is 0 Å². The number of hydrogen-bond donors (Lipinski definition) is 1. The minimum atomic E-state index is 0.0407. The van der Waals surface area contributed by atoms with Crippen LogP contribution < -0.4 is 5.73 Å². The molecule has 0 bridgehead atoms. The number of hydrogen-bond acceptors (Lipinski definition) is 1. The number of nitrogens with two attached hydrogens (primary N) is 1. The molecule has 0 aliphatic carbocycles. The second kappa shape index (κ2) is 5.78. The average molecular weight is 165 g/mol. The van der Waals surface area contributed by atoms with Crippen LogP contribution in [-0.2, 0) is 0 Å². The summed E-state index contributed by atoms with van der Waals surface area (Å²) in [7, 11) is 0. The van der Waals surface area contributed by atoms with Crippen molar-refractivity contribution in [2.24, 2.45) is 5.73 Å². The lowest BCUT2D eigenvalue weighted by molar-refractivity contribution is 0.801. The van der Waals surface area contributed by atoms with Crippen LogP contribution in [0.25, 0.3) is 0 Å². The Hall–Kier alpha value is -0.820. The molecule has 1 nitrogen and oxygen atoms in total. The summed E-state index contributed by atoms with van der Waals surface area (Å²) in [6.07, 6.45) is 5.70. The van der Waals surface area contributed by atoms with Crippen molar-refractivity contribution in [3.05, 3.63) is 36.5 Å². The van der Waals surface area contributed by atoms with E-state index >= 15 is 0 Å². The van der Waals surface area contributed by atoms with Crippen LogP contribution in [0.4, 0.5) is 0 Å². The number of allylic oxidation sites excluding steroid dienone is 2. The molecule has 0 aromatic heterocycles. The maximum atomic E-state index is 5.71. The average Bonchev–Trinajstić information content (AvgIpc) is 2.06. The summed E-state index contributed by atoms with van der Waals surface area (Å²) in [4.78, 5) is 0. The van der Waals surface area contributed by atoms with E-state index in [4.69, 9.17) is 5.73 Å². The van der Waals surface area contributed by atoms with E-state index < -0.39 is 0 Å². The molecular weight excluding hydrogens is 146 g/mol. The highest BCUT2D eigenvalue weighted by Crippen LogP contribution is 2.16. The largest absolute Gasteiger partial charge is 0.324 e. The number of rotatable bonds is 5. The van der Waals surface area contributed by atoms with E-state index in [0.29, 0.717) is 0 Å². The lowest BCUT2D eigenvalue weighted by atomic mass is 9.98. The van der Waals surface area contributed by atoms with Gasteiger partial charge in [-0.15, -0.1) is 6.58 Å². The molecule has 0 aliphatic heterocycles. The van der Waals surface area contributed by atoms with Crippen molar-refractivity contribution in [2.75, 3.05) is 0 Å². The molecule has 0 radical (unpaired) electrons. The second-order valence-electron chi connectivity index (χ2n) is 2.87. The molecule has 1 atom stereocenters. The van der Waals surface area contributed by atoms with E-state index in [-0.39, 0.29) is 6.04 Å². The zero-order chi connectivity index (χ0) is 9.56. The summed E-state index contributed by atoms with van der Waals surface area (Å²) in [5, 5.41) is 0. The van der Waals surface area contributed by atoms with Crippen LogP contribution in [0.15, 0.2) is 36.5 Å². The van der Waals surface area contributed by atoms with Crippen LogP contribution in [0.5, 0.6) is 0 Å². The summed E-state index contributed by atoms with van der Waals surface area (Å²) in [6.45, 7) is 11.8. The first-order chi connectivity index (χ1) is 5.65. The van der Waals surface area contributed by atoms with Gasteiger partial charge in [0.1, 0.15) is 0 Å². The Labute approximate surface area is 75.7 Å². The minimum Gasteiger partial charge on any atom is -0.324 e. The quantitative estimate of drug-likeness (QED) is 0.492. The van der Waals surface area contributed by atoms with E-state index in [2.05, 4.69) is 26.2 Å². The van der Waals surface area contributed by atoms with Gasteiger partial charge in [-0.25, -0.2) is 0 Å². The zero-order valence-electron chi connectivity index (χ0n) is 8.14. The minimum absolute atomic E-state index is 0.0407. The molecule has 0 aromatic rings. The van der Waals surface area contributed by atoms with Gasteiger partial charge in [-0.2, -0.15) is 0 Å².